The van der Waals surface area contributed by atoms with Crippen molar-refractivity contribution in [3.63, 3.8) is 0 Å². The highest BCUT2D eigenvalue weighted by Gasteiger charge is 2.13. The fourth-order valence-corrected chi connectivity index (χ4v) is 2.02. The zero-order valence-electron chi connectivity index (χ0n) is 8.75. The minimum absolute atomic E-state index is 0.677. The van der Waals surface area contributed by atoms with E-state index in [4.69, 9.17) is 4.42 Å². The van der Waals surface area contributed by atoms with Crippen LogP contribution in [-0.2, 0) is 6.54 Å². The Morgan fingerprint density at radius 2 is 2.21 bits per heavy atom. The number of hydrogen-bond donors (Lipinski definition) is 1. The van der Waals surface area contributed by atoms with Crippen LogP contribution in [0.5, 0.6) is 0 Å². The monoisotopic (exact) mass is 194 g/mol. The second-order valence-electron chi connectivity index (χ2n) is 4.08. The Hall–Kier alpha value is -0.830. The summed E-state index contributed by atoms with van der Waals surface area (Å²) in [6.07, 6.45) is 8.51. The van der Waals surface area contributed by atoms with Crippen molar-refractivity contribution in [1.82, 2.24) is 10.3 Å². The van der Waals surface area contributed by atoms with E-state index in [0.29, 0.717) is 6.04 Å². The number of oxazole rings is 1. The summed E-state index contributed by atoms with van der Waals surface area (Å²) in [6.45, 7) is 2.70. The van der Waals surface area contributed by atoms with Crippen LogP contribution in [0.2, 0.25) is 0 Å². The van der Waals surface area contributed by atoms with Crippen LogP contribution in [0.25, 0.3) is 0 Å². The molecule has 3 heteroatoms. The summed E-state index contributed by atoms with van der Waals surface area (Å²) in [7, 11) is 0. The molecule has 0 aliphatic heterocycles. The quantitative estimate of drug-likeness (QED) is 0.803. The van der Waals surface area contributed by atoms with Crippen LogP contribution in [0.15, 0.2) is 10.6 Å². The SMILES string of the molecule is Cc1cnc(CNC2CCCCC2)o1. The van der Waals surface area contributed by atoms with Crippen molar-refractivity contribution in [2.24, 2.45) is 0 Å². The van der Waals surface area contributed by atoms with E-state index in [2.05, 4.69) is 10.3 Å². The van der Waals surface area contributed by atoms with E-state index in [9.17, 15) is 0 Å². The maximum atomic E-state index is 5.40. The lowest BCUT2D eigenvalue weighted by Crippen LogP contribution is -2.30. The molecular formula is C11H18N2O. The third-order valence-corrected chi connectivity index (χ3v) is 2.82. The number of nitrogens with one attached hydrogen (secondary N) is 1. The van der Waals surface area contributed by atoms with Crippen molar-refractivity contribution in [3.05, 3.63) is 17.8 Å². The lowest BCUT2D eigenvalue weighted by molar-refractivity contribution is 0.350. The Morgan fingerprint density at radius 1 is 1.43 bits per heavy atom. The van der Waals surface area contributed by atoms with Crippen molar-refractivity contribution in [3.8, 4) is 0 Å². The minimum atomic E-state index is 0.677. The lowest BCUT2D eigenvalue weighted by atomic mass is 9.95. The fraction of sp³-hybridized carbons (Fsp3) is 0.727. The molecule has 0 atom stereocenters. The summed E-state index contributed by atoms with van der Waals surface area (Å²) in [5.41, 5.74) is 0. The fourth-order valence-electron chi connectivity index (χ4n) is 2.02. The summed E-state index contributed by atoms with van der Waals surface area (Å²) >= 11 is 0. The highest BCUT2D eigenvalue weighted by molar-refractivity contribution is 4.90. The summed E-state index contributed by atoms with van der Waals surface area (Å²) in [5.74, 6) is 1.71. The van der Waals surface area contributed by atoms with E-state index in [-0.39, 0.29) is 0 Å². The largest absolute Gasteiger partial charge is 0.445 e. The molecule has 2 rings (SSSR count). The van der Waals surface area contributed by atoms with Gasteiger partial charge in [-0.2, -0.15) is 0 Å². The minimum Gasteiger partial charge on any atom is -0.445 e. The molecule has 1 aromatic rings. The van der Waals surface area contributed by atoms with Crippen molar-refractivity contribution < 1.29 is 4.42 Å². The molecule has 1 aromatic heterocycles. The smallest absolute Gasteiger partial charge is 0.208 e. The first-order valence-corrected chi connectivity index (χ1v) is 5.49. The van der Waals surface area contributed by atoms with Crippen molar-refractivity contribution in [2.45, 2.75) is 51.6 Å². The maximum absolute atomic E-state index is 5.40. The van der Waals surface area contributed by atoms with Gasteiger partial charge in [-0.05, 0) is 19.8 Å². The molecule has 0 bridgehead atoms. The molecule has 1 heterocycles. The lowest BCUT2D eigenvalue weighted by Gasteiger charge is -2.21. The van der Waals surface area contributed by atoms with Gasteiger partial charge in [0, 0.05) is 6.04 Å². The van der Waals surface area contributed by atoms with Gasteiger partial charge in [-0.3, -0.25) is 0 Å². The van der Waals surface area contributed by atoms with E-state index in [0.717, 1.165) is 18.2 Å². The number of nitrogens with zero attached hydrogens (tertiary/aromatic N) is 1. The third kappa shape index (κ3) is 2.58. The van der Waals surface area contributed by atoms with Crippen molar-refractivity contribution >= 4 is 0 Å². The Labute approximate surface area is 84.9 Å². The predicted octanol–water partition coefficient (Wildman–Crippen LogP) is 2.41. The van der Waals surface area contributed by atoms with E-state index in [1.165, 1.54) is 32.1 Å². The van der Waals surface area contributed by atoms with Crippen molar-refractivity contribution in [1.29, 1.82) is 0 Å². The zero-order chi connectivity index (χ0) is 9.80. The molecule has 0 spiro atoms. The highest BCUT2D eigenvalue weighted by atomic mass is 16.4. The zero-order valence-corrected chi connectivity index (χ0v) is 8.75. The second kappa shape index (κ2) is 4.60. The molecule has 0 amide bonds. The van der Waals surface area contributed by atoms with Gasteiger partial charge in [-0.15, -0.1) is 0 Å². The topological polar surface area (TPSA) is 38.1 Å². The first kappa shape index (κ1) is 9.71. The molecule has 3 nitrogen and oxygen atoms in total. The van der Waals surface area contributed by atoms with Gasteiger partial charge in [0.1, 0.15) is 5.76 Å². The van der Waals surface area contributed by atoms with E-state index in [1.54, 1.807) is 6.20 Å². The first-order chi connectivity index (χ1) is 6.84. The standard InChI is InChI=1S/C11H18N2O/c1-9-7-13-11(14-9)8-12-10-5-3-2-4-6-10/h7,10,12H,2-6,8H2,1H3. The summed E-state index contributed by atoms with van der Waals surface area (Å²) < 4.78 is 5.40. The molecule has 0 saturated heterocycles. The van der Waals surface area contributed by atoms with Crippen LogP contribution in [-0.4, -0.2) is 11.0 Å². The van der Waals surface area contributed by atoms with Crippen LogP contribution in [0, 0.1) is 6.92 Å². The molecular weight excluding hydrogens is 176 g/mol. The molecule has 78 valence electrons. The first-order valence-electron chi connectivity index (χ1n) is 5.49. The number of rotatable bonds is 3. The average molecular weight is 194 g/mol. The summed E-state index contributed by atoms with van der Waals surface area (Å²) in [5, 5.41) is 3.49. The Balaban J connectivity index is 1.76. The number of aromatic nitrogens is 1. The molecule has 0 radical (unpaired) electrons. The van der Waals surface area contributed by atoms with Crippen molar-refractivity contribution in [2.75, 3.05) is 0 Å². The molecule has 1 N–H and O–H groups in total. The predicted molar refractivity (Wildman–Crippen MR) is 55.0 cm³/mol. The van der Waals surface area contributed by atoms with E-state index in [1.807, 2.05) is 6.92 Å². The Morgan fingerprint density at radius 3 is 2.86 bits per heavy atom. The van der Waals surface area contributed by atoms with Gasteiger partial charge in [0.2, 0.25) is 5.89 Å². The molecule has 1 aliphatic rings. The van der Waals surface area contributed by atoms with Crippen LogP contribution in [0.4, 0.5) is 0 Å². The van der Waals surface area contributed by atoms with E-state index >= 15 is 0 Å². The van der Waals surface area contributed by atoms with Gasteiger partial charge < -0.3 is 9.73 Å². The second-order valence-corrected chi connectivity index (χ2v) is 4.08. The number of aryl methyl sites for hydroxylation is 1. The van der Waals surface area contributed by atoms with Gasteiger partial charge in [0.15, 0.2) is 0 Å². The molecule has 1 saturated carbocycles. The van der Waals surface area contributed by atoms with E-state index < -0.39 is 0 Å². The highest BCUT2D eigenvalue weighted by Crippen LogP contribution is 2.17. The molecule has 14 heavy (non-hydrogen) atoms. The molecule has 0 unspecified atom stereocenters. The van der Waals surface area contributed by atoms with Crippen LogP contribution in [0.3, 0.4) is 0 Å². The molecule has 1 fully saturated rings. The Bertz CT molecular complexity index is 277. The van der Waals surface area contributed by atoms with Crippen LogP contribution >= 0.6 is 0 Å². The molecule has 0 aromatic carbocycles. The van der Waals surface area contributed by atoms with Gasteiger partial charge in [0.25, 0.3) is 0 Å². The van der Waals surface area contributed by atoms with Gasteiger partial charge in [-0.1, -0.05) is 19.3 Å². The summed E-state index contributed by atoms with van der Waals surface area (Å²) in [4.78, 5) is 4.17. The van der Waals surface area contributed by atoms with Gasteiger partial charge in [0.05, 0.1) is 12.7 Å². The Kier molecular flexibility index (Phi) is 3.19. The van der Waals surface area contributed by atoms with Crippen LogP contribution in [0.1, 0.15) is 43.8 Å². The maximum Gasteiger partial charge on any atom is 0.208 e. The number of hydrogen-bond acceptors (Lipinski definition) is 3. The average Bonchev–Trinajstić information content (AvgIpc) is 2.63. The summed E-state index contributed by atoms with van der Waals surface area (Å²) in [6, 6.07) is 0.677. The molecule has 1 aliphatic carbocycles. The normalized spacial score (nSPS) is 18.6. The third-order valence-electron chi connectivity index (χ3n) is 2.82. The van der Waals surface area contributed by atoms with Gasteiger partial charge >= 0.3 is 0 Å². The van der Waals surface area contributed by atoms with Gasteiger partial charge in [-0.25, -0.2) is 4.98 Å². The van der Waals surface area contributed by atoms with Crippen LogP contribution < -0.4 is 5.32 Å².